The fourth-order valence-corrected chi connectivity index (χ4v) is 3.39. The summed E-state index contributed by atoms with van der Waals surface area (Å²) < 4.78 is 5.21. The first kappa shape index (κ1) is 20.4. The summed E-state index contributed by atoms with van der Waals surface area (Å²) in [6.45, 7) is -0.697. The maximum atomic E-state index is 12.7. The molecule has 1 aromatic carbocycles. The quantitative estimate of drug-likeness (QED) is 0.394. The van der Waals surface area contributed by atoms with Crippen molar-refractivity contribution in [1.29, 1.82) is 10.5 Å². The van der Waals surface area contributed by atoms with Gasteiger partial charge in [-0.15, -0.1) is 11.8 Å². The van der Waals surface area contributed by atoms with Crippen LogP contribution in [-0.2, 0) is 9.53 Å². The number of pyridine rings is 1. The molecule has 1 aliphatic carbocycles. The summed E-state index contributed by atoms with van der Waals surface area (Å²) in [4.78, 5) is 30.9. The lowest BCUT2D eigenvalue weighted by molar-refractivity contribution is -0.121. The number of benzene rings is 1. The van der Waals surface area contributed by atoms with E-state index in [-0.39, 0.29) is 17.7 Å². The molecule has 8 heteroatoms. The van der Waals surface area contributed by atoms with Crippen LogP contribution in [0, 0.1) is 22.7 Å². The van der Waals surface area contributed by atoms with Gasteiger partial charge in [-0.1, -0.05) is 18.2 Å². The number of ether oxygens (including phenoxy) is 1. The maximum absolute atomic E-state index is 12.7. The molecule has 0 saturated heterocycles. The third-order valence-corrected chi connectivity index (χ3v) is 5.13. The number of carbonyl (C=O) groups is 2. The van der Waals surface area contributed by atoms with Crippen molar-refractivity contribution < 1.29 is 14.3 Å². The smallest absolute Gasteiger partial charge is 0.340 e. The number of para-hydroxylation sites is 1. The van der Waals surface area contributed by atoms with Gasteiger partial charge < -0.3 is 4.74 Å². The number of thioether (sulfide) groups is 1. The summed E-state index contributed by atoms with van der Waals surface area (Å²) >= 11 is 1.29. The van der Waals surface area contributed by atoms with Gasteiger partial charge in [-0.05, 0) is 37.3 Å². The van der Waals surface area contributed by atoms with E-state index in [4.69, 9.17) is 10.00 Å². The lowest BCUT2D eigenvalue weighted by atomic mass is 10.1. The monoisotopic (exact) mass is 406 g/mol. The number of anilines is 1. The van der Waals surface area contributed by atoms with E-state index in [1.807, 2.05) is 12.1 Å². The predicted molar refractivity (Wildman–Crippen MR) is 107 cm³/mol. The van der Waals surface area contributed by atoms with Crippen molar-refractivity contribution in [3.8, 4) is 12.1 Å². The van der Waals surface area contributed by atoms with Crippen LogP contribution in [0.1, 0.15) is 40.4 Å². The van der Waals surface area contributed by atoms with Crippen LogP contribution in [0.15, 0.2) is 41.4 Å². The standard InChI is InChI=1S/C21H18N4O3S/c1-29-20-17(12-23)16(11-18(24-20)14-7-8-14)21(27)28-13-19(26)25(10-9-22)15-5-3-2-4-6-15/h2-6,11,14H,7-8,10,13H2,1H3. The number of hydrogen-bond acceptors (Lipinski definition) is 7. The molecule has 0 unspecified atom stereocenters. The van der Waals surface area contributed by atoms with Gasteiger partial charge in [0.25, 0.3) is 5.91 Å². The normalized spacial score (nSPS) is 12.5. The second-order valence-corrected chi connectivity index (χ2v) is 7.21. The highest BCUT2D eigenvalue weighted by Crippen LogP contribution is 2.40. The Labute approximate surface area is 172 Å². The number of carbonyl (C=O) groups excluding carboxylic acids is 2. The van der Waals surface area contributed by atoms with Gasteiger partial charge in [0.15, 0.2) is 6.61 Å². The first-order chi connectivity index (χ1) is 14.1. The van der Waals surface area contributed by atoms with E-state index >= 15 is 0 Å². The number of rotatable bonds is 7. The van der Waals surface area contributed by atoms with Gasteiger partial charge in [-0.3, -0.25) is 9.69 Å². The molecule has 1 amide bonds. The lowest BCUT2D eigenvalue weighted by Gasteiger charge is -2.19. The molecule has 29 heavy (non-hydrogen) atoms. The predicted octanol–water partition coefficient (Wildman–Crippen LogP) is 3.27. The molecule has 0 N–H and O–H groups in total. The van der Waals surface area contributed by atoms with Crippen LogP contribution in [0.3, 0.4) is 0 Å². The molecule has 1 aliphatic rings. The number of nitriles is 2. The van der Waals surface area contributed by atoms with Crippen LogP contribution in [0.25, 0.3) is 0 Å². The van der Waals surface area contributed by atoms with Crippen molar-refractivity contribution in [2.75, 3.05) is 24.3 Å². The fourth-order valence-electron chi connectivity index (χ4n) is 2.83. The Balaban J connectivity index is 1.78. The lowest BCUT2D eigenvalue weighted by Crippen LogP contribution is -2.35. The third-order valence-electron chi connectivity index (χ3n) is 4.45. The molecule has 0 radical (unpaired) electrons. The van der Waals surface area contributed by atoms with E-state index in [0.29, 0.717) is 16.6 Å². The van der Waals surface area contributed by atoms with Crippen molar-refractivity contribution >= 4 is 29.3 Å². The summed E-state index contributed by atoms with van der Waals surface area (Å²) in [6, 6.07) is 14.2. The highest BCUT2D eigenvalue weighted by atomic mass is 32.2. The molecule has 0 aliphatic heterocycles. The topological polar surface area (TPSA) is 107 Å². The van der Waals surface area contributed by atoms with Crippen molar-refractivity contribution in [3.05, 3.63) is 53.2 Å². The third kappa shape index (κ3) is 4.74. The first-order valence-corrected chi connectivity index (χ1v) is 10.2. The number of nitrogens with zero attached hydrogens (tertiary/aromatic N) is 4. The fraction of sp³-hybridized carbons (Fsp3) is 0.286. The average Bonchev–Trinajstić information content (AvgIpc) is 3.60. The van der Waals surface area contributed by atoms with Crippen molar-refractivity contribution in [2.45, 2.75) is 23.8 Å². The minimum Gasteiger partial charge on any atom is -0.452 e. The summed E-state index contributed by atoms with van der Waals surface area (Å²) in [5, 5.41) is 19.0. The highest BCUT2D eigenvalue weighted by molar-refractivity contribution is 7.98. The minimum absolute atomic E-state index is 0.119. The number of esters is 1. The summed E-state index contributed by atoms with van der Waals surface area (Å²) in [5.41, 5.74) is 1.57. The van der Waals surface area contributed by atoms with Crippen LogP contribution < -0.4 is 4.90 Å². The van der Waals surface area contributed by atoms with Crippen molar-refractivity contribution in [3.63, 3.8) is 0 Å². The van der Waals surface area contributed by atoms with E-state index in [1.165, 1.54) is 16.7 Å². The van der Waals surface area contributed by atoms with Crippen LogP contribution in [0.4, 0.5) is 5.69 Å². The Morgan fingerprint density at radius 1 is 1.28 bits per heavy atom. The van der Waals surface area contributed by atoms with Gasteiger partial charge in [0.1, 0.15) is 17.6 Å². The molecule has 1 heterocycles. The van der Waals surface area contributed by atoms with Crippen LogP contribution in [0.5, 0.6) is 0 Å². The number of hydrogen-bond donors (Lipinski definition) is 0. The molecule has 3 rings (SSSR count). The van der Waals surface area contributed by atoms with Gasteiger partial charge in [0.2, 0.25) is 0 Å². The minimum atomic E-state index is -0.750. The maximum Gasteiger partial charge on any atom is 0.340 e. The Kier molecular flexibility index (Phi) is 6.48. The Hall–Kier alpha value is -3.36. The first-order valence-electron chi connectivity index (χ1n) is 8.97. The molecular formula is C21H18N4O3S. The van der Waals surface area contributed by atoms with Gasteiger partial charge in [-0.25, -0.2) is 9.78 Å². The van der Waals surface area contributed by atoms with Gasteiger partial charge >= 0.3 is 5.97 Å². The second kappa shape index (κ2) is 9.22. The largest absolute Gasteiger partial charge is 0.452 e. The van der Waals surface area contributed by atoms with Crippen molar-refractivity contribution in [1.82, 2.24) is 4.98 Å². The van der Waals surface area contributed by atoms with Crippen LogP contribution in [0.2, 0.25) is 0 Å². The highest BCUT2D eigenvalue weighted by Gasteiger charge is 2.29. The zero-order chi connectivity index (χ0) is 20.8. The number of amides is 1. The molecule has 1 saturated carbocycles. The molecule has 1 fully saturated rings. The van der Waals surface area contributed by atoms with Gasteiger partial charge in [0, 0.05) is 17.3 Å². The second-order valence-electron chi connectivity index (χ2n) is 6.41. The SMILES string of the molecule is CSc1nc(C2CC2)cc(C(=O)OCC(=O)N(CC#N)c2ccccc2)c1C#N. The molecule has 0 bridgehead atoms. The Morgan fingerprint density at radius 2 is 2.00 bits per heavy atom. The van der Waals surface area contributed by atoms with E-state index in [2.05, 4.69) is 4.98 Å². The van der Waals surface area contributed by atoms with E-state index < -0.39 is 18.5 Å². The van der Waals surface area contributed by atoms with Crippen LogP contribution >= 0.6 is 11.8 Å². The van der Waals surface area contributed by atoms with Crippen LogP contribution in [-0.4, -0.2) is 36.3 Å². The van der Waals surface area contributed by atoms with Gasteiger partial charge in [0.05, 0.1) is 17.2 Å². The Morgan fingerprint density at radius 3 is 2.59 bits per heavy atom. The molecule has 0 atom stereocenters. The average molecular weight is 406 g/mol. The molecule has 146 valence electrons. The summed E-state index contributed by atoms with van der Waals surface area (Å²) in [7, 11) is 0. The summed E-state index contributed by atoms with van der Waals surface area (Å²) in [5.74, 6) is -0.975. The molecule has 7 nitrogen and oxygen atoms in total. The number of aromatic nitrogens is 1. The molecule has 2 aromatic rings. The molecule has 0 spiro atoms. The van der Waals surface area contributed by atoms with E-state index in [0.717, 1.165) is 18.5 Å². The molecular weight excluding hydrogens is 388 g/mol. The molecule has 1 aromatic heterocycles. The zero-order valence-corrected chi connectivity index (χ0v) is 16.6. The van der Waals surface area contributed by atoms with E-state index in [1.54, 1.807) is 42.7 Å². The Bertz CT molecular complexity index is 1010. The van der Waals surface area contributed by atoms with Crippen molar-refractivity contribution in [2.24, 2.45) is 0 Å². The summed E-state index contributed by atoms with van der Waals surface area (Å²) in [6.07, 6.45) is 3.79. The van der Waals surface area contributed by atoms with E-state index in [9.17, 15) is 14.9 Å². The zero-order valence-electron chi connectivity index (χ0n) is 15.8. The van der Waals surface area contributed by atoms with Gasteiger partial charge in [-0.2, -0.15) is 10.5 Å².